The first kappa shape index (κ1) is 35.5. The Labute approximate surface area is 259 Å². The third-order valence-electron chi connectivity index (χ3n) is 7.84. The summed E-state index contributed by atoms with van der Waals surface area (Å²) < 4.78 is 11.8. The Kier molecular flexibility index (Phi) is 22.0. The van der Waals surface area contributed by atoms with Gasteiger partial charge in [-0.2, -0.15) is 0 Å². The molecule has 2 rings (SSSR count). The average molecular weight is 573 g/mol. The minimum Gasteiger partial charge on any atom is -0.494 e. The lowest BCUT2D eigenvalue weighted by molar-refractivity contribution is 0.304. The highest BCUT2D eigenvalue weighted by Gasteiger charge is 1.97. The van der Waals surface area contributed by atoms with E-state index in [4.69, 9.17) is 9.47 Å². The number of hydrogen-bond acceptors (Lipinski definition) is 2. The lowest BCUT2D eigenvalue weighted by Gasteiger charge is -2.06. The Balaban J connectivity index is 1.51. The van der Waals surface area contributed by atoms with Gasteiger partial charge in [-0.1, -0.05) is 153 Å². The molecule has 0 N–H and O–H groups in total. The van der Waals surface area contributed by atoms with Gasteiger partial charge in [0.2, 0.25) is 0 Å². The van der Waals surface area contributed by atoms with Gasteiger partial charge in [0.1, 0.15) is 11.5 Å². The van der Waals surface area contributed by atoms with E-state index in [0.717, 1.165) is 48.7 Å². The van der Waals surface area contributed by atoms with Gasteiger partial charge in [-0.05, 0) is 67.0 Å². The smallest absolute Gasteiger partial charge is 0.119 e. The molecule has 2 aromatic carbocycles. The predicted octanol–water partition coefficient (Wildman–Crippen LogP) is 12.4. The summed E-state index contributed by atoms with van der Waals surface area (Å²) in [7, 11) is 0. The highest BCUT2D eigenvalue weighted by Crippen LogP contribution is 2.16. The molecule has 0 radical (unpaired) electrons. The van der Waals surface area contributed by atoms with Gasteiger partial charge in [-0.25, -0.2) is 0 Å². The van der Waals surface area contributed by atoms with E-state index in [2.05, 4.69) is 50.0 Å². The van der Waals surface area contributed by atoms with E-state index < -0.39 is 0 Å². The molecule has 0 amide bonds. The molecule has 0 atom stereocenters. The fourth-order valence-corrected chi connectivity index (χ4v) is 5.13. The second kappa shape index (κ2) is 26.0. The molecule has 0 spiro atoms. The van der Waals surface area contributed by atoms with Crippen LogP contribution >= 0.6 is 0 Å². The van der Waals surface area contributed by atoms with E-state index in [0.29, 0.717) is 0 Å². The Hall–Kier alpha value is -2.66. The van der Waals surface area contributed by atoms with E-state index in [9.17, 15) is 0 Å². The van der Waals surface area contributed by atoms with E-state index in [-0.39, 0.29) is 0 Å². The van der Waals surface area contributed by atoms with Crippen molar-refractivity contribution in [1.82, 2.24) is 0 Å². The third kappa shape index (κ3) is 19.5. The summed E-state index contributed by atoms with van der Waals surface area (Å²) in [6.45, 7) is 6.16. The standard InChI is InChI=1S/C40H60O2/c1-3-5-7-9-11-13-15-17-19-23-35-41-39-31-27-37(28-32-39)25-21-22-26-38-29-33-40(34-30-38)42-36-24-20-18-16-14-12-10-8-6-4-2/h21,25,27-34H,3-20,23-24,35-36H2,1-2H3/b25-21+. The molecule has 0 aliphatic carbocycles. The van der Waals surface area contributed by atoms with Crippen molar-refractivity contribution in [2.45, 2.75) is 142 Å². The fraction of sp³-hybridized carbons (Fsp3) is 0.600. The first-order valence-corrected chi connectivity index (χ1v) is 17.5. The van der Waals surface area contributed by atoms with Gasteiger partial charge in [-0.3, -0.25) is 0 Å². The first-order valence-electron chi connectivity index (χ1n) is 17.5. The normalized spacial score (nSPS) is 11.0. The summed E-state index contributed by atoms with van der Waals surface area (Å²) in [6.07, 6.45) is 30.9. The molecule has 0 saturated carbocycles. The number of unbranched alkanes of at least 4 members (excludes halogenated alkanes) is 18. The summed E-state index contributed by atoms with van der Waals surface area (Å²) in [5.74, 6) is 8.24. The van der Waals surface area contributed by atoms with Crippen LogP contribution < -0.4 is 9.47 Å². The van der Waals surface area contributed by atoms with Gasteiger partial charge in [0.15, 0.2) is 0 Å². The molecule has 0 bridgehead atoms. The highest BCUT2D eigenvalue weighted by atomic mass is 16.5. The molecule has 0 saturated heterocycles. The van der Waals surface area contributed by atoms with Crippen molar-refractivity contribution in [2.24, 2.45) is 0 Å². The Morgan fingerprint density at radius 2 is 0.857 bits per heavy atom. The van der Waals surface area contributed by atoms with Crippen LogP contribution in [0.4, 0.5) is 0 Å². The predicted molar refractivity (Wildman–Crippen MR) is 183 cm³/mol. The molecular weight excluding hydrogens is 512 g/mol. The van der Waals surface area contributed by atoms with Crippen LogP contribution in [0.5, 0.6) is 11.5 Å². The van der Waals surface area contributed by atoms with Crippen LogP contribution in [-0.2, 0) is 0 Å². The summed E-state index contributed by atoms with van der Waals surface area (Å²) >= 11 is 0. The number of benzene rings is 2. The van der Waals surface area contributed by atoms with Crippen LogP contribution in [0.15, 0.2) is 54.6 Å². The van der Waals surface area contributed by atoms with E-state index in [1.54, 1.807) is 0 Å². The minimum absolute atomic E-state index is 0.799. The maximum atomic E-state index is 5.93. The van der Waals surface area contributed by atoms with Gasteiger partial charge in [0, 0.05) is 5.56 Å². The average Bonchev–Trinajstić information content (AvgIpc) is 3.02. The van der Waals surface area contributed by atoms with Crippen molar-refractivity contribution >= 4 is 6.08 Å². The largest absolute Gasteiger partial charge is 0.494 e. The number of allylic oxidation sites excluding steroid dienone is 1. The summed E-state index contributed by atoms with van der Waals surface area (Å²) in [6, 6.07) is 16.4. The summed E-state index contributed by atoms with van der Waals surface area (Å²) in [5.41, 5.74) is 2.13. The van der Waals surface area contributed by atoms with E-state index in [1.165, 1.54) is 116 Å². The quantitative estimate of drug-likeness (QED) is 0.0870. The molecule has 0 unspecified atom stereocenters. The van der Waals surface area contributed by atoms with E-state index >= 15 is 0 Å². The van der Waals surface area contributed by atoms with Gasteiger partial charge < -0.3 is 9.47 Å². The summed E-state index contributed by atoms with van der Waals surface area (Å²) in [4.78, 5) is 0. The second-order valence-electron chi connectivity index (χ2n) is 11.8. The maximum absolute atomic E-state index is 5.93. The minimum atomic E-state index is 0.799. The SMILES string of the molecule is CCCCCCCCCCCCOc1ccc(C#C/C=C/c2ccc(OCCCCCCCCCCCC)cc2)cc1. The van der Waals surface area contributed by atoms with Crippen molar-refractivity contribution in [3.63, 3.8) is 0 Å². The first-order chi connectivity index (χ1) is 20.8. The zero-order valence-electron chi connectivity index (χ0n) is 27.1. The van der Waals surface area contributed by atoms with Crippen LogP contribution in [-0.4, -0.2) is 13.2 Å². The van der Waals surface area contributed by atoms with Gasteiger partial charge >= 0.3 is 0 Å². The van der Waals surface area contributed by atoms with Crippen molar-refractivity contribution in [3.05, 3.63) is 65.7 Å². The van der Waals surface area contributed by atoms with Crippen LogP contribution in [0, 0.1) is 11.8 Å². The lowest BCUT2D eigenvalue weighted by Crippen LogP contribution is -1.97. The lowest BCUT2D eigenvalue weighted by atomic mass is 10.1. The van der Waals surface area contributed by atoms with Crippen molar-refractivity contribution in [2.75, 3.05) is 13.2 Å². The second-order valence-corrected chi connectivity index (χ2v) is 11.8. The Morgan fingerprint density at radius 3 is 1.29 bits per heavy atom. The Morgan fingerprint density at radius 1 is 0.476 bits per heavy atom. The molecule has 0 fully saturated rings. The molecule has 0 aliphatic heterocycles. The van der Waals surface area contributed by atoms with E-state index in [1.807, 2.05) is 36.4 Å². The van der Waals surface area contributed by atoms with Crippen LogP contribution in [0.2, 0.25) is 0 Å². The van der Waals surface area contributed by atoms with Crippen LogP contribution in [0.1, 0.15) is 153 Å². The van der Waals surface area contributed by atoms with Crippen molar-refractivity contribution < 1.29 is 9.47 Å². The molecule has 2 nitrogen and oxygen atoms in total. The molecule has 2 aromatic rings. The van der Waals surface area contributed by atoms with Gasteiger partial charge in [0.05, 0.1) is 13.2 Å². The molecule has 0 heterocycles. The molecular formula is C40H60O2. The number of rotatable bonds is 25. The highest BCUT2D eigenvalue weighted by molar-refractivity contribution is 5.54. The molecule has 232 valence electrons. The maximum Gasteiger partial charge on any atom is 0.119 e. The topological polar surface area (TPSA) is 18.5 Å². The van der Waals surface area contributed by atoms with Crippen LogP contribution in [0.25, 0.3) is 6.08 Å². The zero-order valence-corrected chi connectivity index (χ0v) is 27.1. The molecule has 42 heavy (non-hydrogen) atoms. The van der Waals surface area contributed by atoms with Gasteiger partial charge in [-0.15, -0.1) is 0 Å². The Bertz CT molecular complexity index is 961. The van der Waals surface area contributed by atoms with Crippen molar-refractivity contribution in [1.29, 1.82) is 0 Å². The van der Waals surface area contributed by atoms with Crippen LogP contribution in [0.3, 0.4) is 0 Å². The number of ether oxygens (including phenoxy) is 2. The fourth-order valence-electron chi connectivity index (χ4n) is 5.13. The zero-order chi connectivity index (χ0) is 29.8. The molecule has 0 aliphatic rings. The number of hydrogen-bond donors (Lipinski definition) is 0. The monoisotopic (exact) mass is 572 g/mol. The molecule has 0 aromatic heterocycles. The summed E-state index contributed by atoms with van der Waals surface area (Å²) in [5, 5.41) is 0. The van der Waals surface area contributed by atoms with Crippen molar-refractivity contribution in [3.8, 4) is 23.3 Å². The van der Waals surface area contributed by atoms with Gasteiger partial charge in [0.25, 0.3) is 0 Å². The molecule has 2 heteroatoms. The third-order valence-corrected chi connectivity index (χ3v) is 7.84.